The summed E-state index contributed by atoms with van der Waals surface area (Å²) in [5, 5.41) is 6.63. The summed E-state index contributed by atoms with van der Waals surface area (Å²) in [4.78, 5) is 8.47. The molecule has 0 radical (unpaired) electrons. The summed E-state index contributed by atoms with van der Waals surface area (Å²) in [6, 6.07) is 0.384. The van der Waals surface area contributed by atoms with Crippen LogP contribution < -0.4 is 10.6 Å². The quantitative estimate of drug-likeness (QED) is 0.808. The van der Waals surface area contributed by atoms with E-state index < -0.39 is 0 Å². The van der Waals surface area contributed by atoms with Crippen molar-refractivity contribution in [2.75, 3.05) is 29.2 Å². The molecular formula is C11H19BrN4S. The molecule has 6 heteroatoms. The zero-order valence-corrected chi connectivity index (χ0v) is 12.9. The molecule has 0 fully saturated rings. The molecule has 1 atom stereocenters. The van der Waals surface area contributed by atoms with Crippen molar-refractivity contribution in [1.82, 2.24) is 9.97 Å². The third-order valence-corrected chi connectivity index (χ3v) is 3.72. The number of rotatable bonds is 7. The summed E-state index contributed by atoms with van der Waals surface area (Å²) in [6.07, 6.45) is 4.75. The first-order valence-corrected chi connectivity index (χ1v) is 7.87. The van der Waals surface area contributed by atoms with Crippen molar-refractivity contribution < 1.29 is 0 Å². The molecule has 1 aromatic heterocycles. The monoisotopic (exact) mass is 318 g/mol. The summed E-state index contributed by atoms with van der Waals surface area (Å²) >= 11 is 5.35. The van der Waals surface area contributed by atoms with Gasteiger partial charge in [-0.25, -0.2) is 9.97 Å². The Kier molecular flexibility index (Phi) is 6.65. The number of halogens is 1. The molecule has 1 unspecified atom stereocenters. The molecule has 96 valence electrons. The van der Waals surface area contributed by atoms with Gasteiger partial charge in [-0.2, -0.15) is 11.8 Å². The molecule has 0 aliphatic rings. The standard InChI is InChI=1S/C11H19BrN4S/c1-4-5-13-10-9(12)11(15-7-14-10)16-8(2)6-17-3/h7-8H,4-6H2,1-3H3,(H2,13,14,15,16). The normalized spacial score (nSPS) is 12.2. The average Bonchev–Trinajstić information content (AvgIpc) is 2.30. The van der Waals surface area contributed by atoms with Crippen LogP contribution >= 0.6 is 27.7 Å². The van der Waals surface area contributed by atoms with Crippen LogP contribution in [0.25, 0.3) is 0 Å². The van der Waals surface area contributed by atoms with Gasteiger partial charge in [0.1, 0.15) is 22.4 Å². The first kappa shape index (κ1) is 14.6. The first-order valence-electron chi connectivity index (χ1n) is 5.68. The minimum Gasteiger partial charge on any atom is -0.369 e. The van der Waals surface area contributed by atoms with Gasteiger partial charge in [0.05, 0.1) is 0 Å². The van der Waals surface area contributed by atoms with Crippen LogP contribution in [0.3, 0.4) is 0 Å². The molecular weight excluding hydrogens is 300 g/mol. The predicted octanol–water partition coefficient (Wildman–Crippen LogP) is 3.22. The van der Waals surface area contributed by atoms with E-state index in [9.17, 15) is 0 Å². The molecule has 0 aromatic carbocycles. The molecule has 0 saturated heterocycles. The number of nitrogens with one attached hydrogen (secondary N) is 2. The van der Waals surface area contributed by atoms with E-state index in [1.807, 2.05) is 11.8 Å². The second kappa shape index (κ2) is 7.76. The topological polar surface area (TPSA) is 49.8 Å². The second-order valence-electron chi connectivity index (χ2n) is 3.81. The minimum atomic E-state index is 0.384. The van der Waals surface area contributed by atoms with Crippen LogP contribution in [-0.2, 0) is 0 Å². The second-order valence-corrected chi connectivity index (χ2v) is 5.52. The predicted molar refractivity (Wildman–Crippen MR) is 80.0 cm³/mol. The van der Waals surface area contributed by atoms with E-state index >= 15 is 0 Å². The highest BCUT2D eigenvalue weighted by molar-refractivity contribution is 9.10. The van der Waals surface area contributed by atoms with E-state index in [0.717, 1.165) is 34.8 Å². The molecule has 0 saturated carbocycles. The largest absolute Gasteiger partial charge is 0.369 e. The Morgan fingerprint density at radius 3 is 2.76 bits per heavy atom. The highest BCUT2D eigenvalue weighted by Crippen LogP contribution is 2.27. The maximum absolute atomic E-state index is 4.25. The Labute approximate surface area is 116 Å². The number of aromatic nitrogens is 2. The molecule has 0 spiro atoms. The summed E-state index contributed by atoms with van der Waals surface area (Å²) in [5.74, 6) is 2.75. The molecule has 4 nitrogen and oxygen atoms in total. The summed E-state index contributed by atoms with van der Waals surface area (Å²) in [6.45, 7) is 5.18. The zero-order chi connectivity index (χ0) is 12.7. The van der Waals surface area contributed by atoms with Gasteiger partial charge in [0, 0.05) is 18.3 Å². The van der Waals surface area contributed by atoms with Gasteiger partial charge in [0.15, 0.2) is 0 Å². The SMILES string of the molecule is CCCNc1ncnc(NC(C)CSC)c1Br. The smallest absolute Gasteiger partial charge is 0.146 e. The van der Waals surface area contributed by atoms with Crippen molar-refractivity contribution in [1.29, 1.82) is 0 Å². The number of anilines is 2. The zero-order valence-electron chi connectivity index (χ0n) is 10.5. The van der Waals surface area contributed by atoms with Gasteiger partial charge in [-0.3, -0.25) is 0 Å². The van der Waals surface area contributed by atoms with Crippen LogP contribution in [0.2, 0.25) is 0 Å². The number of nitrogens with zero attached hydrogens (tertiary/aromatic N) is 2. The number of hydrogen-bond acceptors (Lipinski definition) is 5. The van der Waals surface area contributed by atoms with Gasteiger partial charge >= 0.3 is 0 Å². The lowest BCUT2D eigenvalue weighted by Crippen LogP contribution is -2.19. The van der Waals surface area contributed by atoms with Crippen LogP contribution in [0.1, 0.15) is 20.3 Å². The average molecular weight is 319 g/mol. The van der Waals surface area contributed by atoms with Crippen LogP contribution in [0, 0.1) is 0 Å². The lowest BCUT2D eigenvalue weighted by Gasteiger charge is -2.15. The molecule has 1 rings (SSSR count). The van der Waals surface area contributed by atoms with E-state index in [-0.39, 0.29) is 0 Å². The maximum atomic E-state index is 4.25. The fourth-order valence-electron chi connectivity index (χ4n) is 1.36. The summed E-state index contributed by atoms with van der Waals surface area (Å²) in [5.41, 5.74) is 0. The van der Waals surface area contributed by atoms with Crippen LogP contribution in [-0.4, -0.2) is 34.6 Å². The van der Waals surface area contributed by atoms with Crippen LogP contribution in [0.4, 0.5) is 11.6 Å². The van der Waals surface area contributed by atoms with Crippen LogP contribution in [0.15, 0.2) is 10.8 Å². The molecule has 17 heavy (non-hydrogen) atoms. The van der Waals surface area contributed by atoms with Gasteiger partial charge in [0.2, 0.25) is 0 Å². The fourth-order valence-corrected chi connectivity index (χ4v) is 2.40. The van der Waals surface area contributed by atoms with Gasteiger partial charge in [-0.05, 0) is 35.5 Å². The van der Waals surface area contributed by atoms with E-state index in [1.165, 1.54) is 0 Å². The van der Waals surface area contributed by atoms with Crippen molar-refractivity contribution in [2.24, 2.45) is 0 Å². The Morgan fingerprint density at radius 1 is 1.41 bits per heavy atom. The van der Waals surface area contributed by atoms with Crippen molar-refractivity contribution >= 4 is 39.3 Å². The lowest BCUT2D eigenvalue weighted by atomic mass is 10.4. The van der Waals surface area contributed by atoms with E-state index in [0.29, 0.717) is 6.04 Å². The van der Waals surface area contributed by atoms with E-state index in [1.54, 1.807) is 6.33 Å². The first-order chi connectivity index (χ1) is 8.19. The molecule has 0 bridgehead atoms. The summed E-state index contributed by atoms with van der Waals surface area (Å²) in [7, 11) is 0. The van der Waals surface area contributed by atoms with Gasteiger partial charge in [-0.1, -0.05) is 6.92 Å². The van der Waals surface area contributed by atoms with Crippen molar-refractivity contribution in [3.63, 3.8) is 0 Å². The Bertz CT molecular complexity index is 348. The van der Waals surface area contributed by atoms with E-state index in [2.05, 4.69) is 56.6 Å². The Balaban J connectivity index is 2.72. The third-order valence-electron chi connectivity index (χ3n) is 2.13. The molecule has 1 aromatic rings. The van der Waals surface area contributed by atoms with E-state index in [4.69, 9.17) is 0 Å². The maximum Gasteiger partial charge on any atom is 0.146 e. The van der Waals surface area contributed by atoms with Crippen molar-refractivity contribution in [3.05, 3.63) is 10.8 Å². The molecule has 0 aliphatic heterocycles. The summed E-state index contributed by atoms with van der Waals surface area (Å²) < 4.78 is 0.904. The molecule has 2 N–H and O–H groups in total. The molecule has 1 heterocycles. The Hall–Kier alpha value is -0.490. The van der Waals surface area contributed by atoms with Crippen molar-refractivity contribution in [2.45, 2.75) is 26.3 Å². The van der Waals surface area contributed by atoms with Gasteiger partial charge in [0.25, 0.3) is 0 Å². The lowest BCUT2D eigenvalue weighted by molar-refractivity contribution is 0.895. The van der Waals surface area contributed by atoms with Gasteiger partial charge in [-0.15, -0.1) is 0 Å². The number of thioether (sulfide) groups is 1. The number of hydrogen-bond donors (Lipinski definition) is 2. The highest BCUT2D eigenvalue weighted by atomic mass is 79.9. The van der Waals surface area contributed by atoms with Gasteiger partial charge < -0.3 is 10.6 Å². The molecule has 0 aliphatic carbocycles. The third kappa shape index (κ3) is 4.71. The van der Waals surface area contributed by atoms with Crippen molar-refractivity contribution in [3.8, 4) is 0 Å². The molecule has 0 amide bonds. The van der Waals surface area contributed by atoms with Crippen LogP contribution in [0.5, 0.6) is 0 Å². The minimum absolute atomic E-state index is 0.384. The highest BCUT2D eigenvalue weighted by Gasteiger charge is 2.10. The Morgan fingerprint density at radius 2 is 2.12 bits per heavy atom. The fraction of sp³-hybridized carbons (Fsp3) is 0.636.